The average Bonchev–Trinajstić information content (AvgIpc) is 2.53. The van der Waals surface area contributed by atoms with Gasteiger partial charge in [0.25, 0.3) is 5.91 Å². The van der Waals surface area contributed by atoms with Crippen LogP contribution in [0, 0.1) is 0 Å². The summed E-state index contributed by atoms with van der Waals surface area (Å²) in [5.74, 6) is -1.45. The van der Waals surface area contributed by atoms with Crippen molar-refractivity contribution in [2.45, 2.75) is 25.8 Å². The van der Waals surface area contributed by atoms with Gasteiger partial charge < -0.3 is 10.4 Å². The molecular formula is C16H15Cl2N3O3. The number of halogens is 2. The predicted octanol–water partition coefficient (Wildman–Crippen LogP) is 3.46. The molecule has 0 aliphatic heterocycles. The van der Waals surface area contributed by atoms with Gasteiger partial charge in [-0.2, -0.15) is 0 Å². The lowest BCUT2D eigenvalue weighted by Gasteiger charge is -2.15. The van der Waals surface area contributed by atoms with Crippen molar-refractivity contribution in [1.82, 2.24) is 15.3 Å². The van der Waals surface area contributed by atoms with E-state index < -0.39 is 17.9 Å². The molecule has 0 bridgehead atoms. The zero-order chi connectivity index (χ0) is 17.9. The Morgan fingerprint density at radius 1 is 1.17 bits per heavy atom. The predicted molar refractivity (Wildman–Crippen MR) is 90.4 cm³/mol. The Balaban J connectivity index is 2.30. The maximum absolute atomic E-state index is 12.4. The maximum atomic E-state index is 12.4. The SMILES string of the molecule is CC(C)c1ncc(Cl)c(C(=O)NC(C(=O)O)c2ccc(Cl)cc2)n1. The van der Waals surface area contributed by atoms with Crippen molar-refractivity contribution in [3.8, 4) is 0 Å². The van der Waals surface area contributed by atoms with E-state index in [-0.39, 0.29) is 16.6 Å². The highest BCUT2D eigenvalue weighted by molar-refractivity contribution is 6.33. The Morgan fingerprint density at radius 2 is 1.79 bits per heavy atom. The molecule has 2 rings (SSSR count). The van der Waals surface area contributed by atoms with Crippen LogP contribution in [0.4, 0.5) is 0 Å². The second kappa shape index (κ2) is 7.59. The molecule has 1 heterocycles. The first-order valence-corrected chi connectivity index (χ1v) is 7.86. The van der Waals surface area contributed by atoms with Gasteiger partial charge in [0.15, 0.2) is 6.04 Å². The zero-order valence-electron chi connectivity index (χ0n) is 13.0. The summed E-state index contributed by atoms with van der Waals surface area (Å²) in [6, 6.07) is 4.91. The van der Waals surface area contributed by atoms with Crippen LogP contribution < -0.4 is 5.32 Å². The van der Waals surface area contributed by atoms with E-state index in [2.05, 4.69) is 15.3 Å². The summed E-state index contributed by atoms with van der Waals surface area (Å²) >= 11 is 11.8. The molecular weight excluding hydrogens is 353 g/mol. The Morgan fingerprint density at radius 3 is 2.33 bits per heavy atom. The molecule has 126 valence electrons. The smallest absolute Gasteiger partial charge is 0.330 e. The molecule has 0 fully saturated rings. The van der Waals surface area contributed by atoms with Crippen molar-refractivity contribution in [2.24, 2.45) is 0 Å². The lowest BCUT2D eigenvalue weighted by molar-refractivity contribution is -0.139. The number of carbonyl (C=O) groups excluding carboxylic acids is 1. The quantitative estimate of drug-likeness (QED) is 0.843. The van der Waals surface area contributed by atoms with Crippen molar-refractivity contribution >= 4 is 35.1 Å². The molecule has 0 spiro atoms. The summed E-state index contributed by atoms with van der Waals surface area (Å²) in [6.45, 7) is 3.75. The fourth-order valence-corrected chi connectivity index (χ4v) is 2.26. The van der Waals surface area contributed by atoms with Crippen LogP contribution in [0.3, 0.4) is 0 Å². The number of aliphatic carboxylic acids is 1. The molecule has 24 heavy (non-hydrogen) atoms. The van der Waals surface area contributed by atoms with Gasteiger partial charge in [0.2, 0.25) is 0 Å². The molecule has 2 N–H and O–H groups in total. The second-order valence-corrected chi connectivity index (χ2v) is 6.22. The van der Waals surface area contributed by atoms with Crippen LogP contribution >= 0.6 is 23.2 Å². The molecule has 1 atom stereocenters. The molecule has 6 nitrogen and oxygen atoms in total. The monoisotopic (exact) mass is 367 g/mol. The topological polar surface area (TPSA) is 92.2 Å². The minimum atomic E-state index is -1.25. The molecule has 8 heteroatoms. The molecule has 2 aromatic rings. The number of hydrogen-bond donors (Lipinski definition) is 2. The Bertz CT molecular complexity index is 764. The van der Waals surface area contributed by atoms with Crippen LogP contribution in [0.1, 0.15) is 47.7 Å². The third kappa shape index (κ3) is 4.21. The molecule has 1 amide bonds. The minimum absolute atomic E-state index is 0.000326. The second-order valence-electron chi connectivity index (χ2n) is 5.38. The molecule has 0 aliphatic rings. The molecule has 1 aromatic heterocycles. The van der Waals surface area contributed by atoms with Crippen LogP contribution in [-0.4, -0.2) is 27.0 Å². The van der Waals surface area contributed by atoms with E-state index in [1.807, 2.05) is 13.8 Å². The van der Waals surface area contributed by atoms with Gasteiger partial charge in [0.1, 0.15) is 11.5 Å². The number of nitrogens with zero attached hydrogens (tertiary/aromatic N) is 2. The fourth-order valence-electron chi connectivity index (χ4n) is 1.96. The van der Waals surface area contributed by atoms with E-state index in [9.17, 15) is 14.7 Å². The Kier molecular flexibility index (Phi) is 5.75. The molecule has 0 saturated carbocycles. The highest BCUT2D eigenvalue weighted by Crippen LogP contribution is 2.20. The van der Waals surface area contributed by atoms with E-state index in [1.54, 1.807) is 12.1 Å². The normalized spacial score (nSPS) is 12.0. The summed E-state index contributed by atoms with van der Waals surface area (Å²) in [5, 5.41) is 12.3. The van der Waals surface area contributed by atoms with Crippen molar-refractivity contribution in [2.75, 3.05) is 0 Å². The molecule has 0 aliphatic carbocycles. The third-order valence-corrected chi connectivity index (χ3v) is 3.75. The summed E-state index contributed by atoms with van der Waals surface area (Å²) in [5.41, 5.74) is 0.324. The summed E-state index contributed by atoms with van der Waals surface area (Å²) in [6.07, 6.45) is 1.33. The van der Waals surface area contributed by atoms with Crippen molar-refractivity contribution in [3.63, 3.8) is 0 Å². The van der Waals surface area contributed by atoms with E-state index in [0.29, 0.717) is 16.4 Å². The number of carbonyl (C=O) groups is 2. The Labute approximate surface area is 148 Å². The van der Waals surface area contributed by atoms with Gasteiger partial charge in [-0.1, -0.05) is 49.2 Å². The minimum Gasteiger partial charge on any atom is -0.479 e. The lowest BCUT2D eigenvalue weighted by Crippen LogP contribution is -2.34. The van der Waals surface area contributed by atoms with Gasteiger partial charge in [-0.25, -0.2) is 14.8 Å². The average molecular weight is 368 g/mol. The number of amides is 1. The van der Waals surface area contributed by atoms with E-state index in [1.165, 1.54) is 18.3 Å². The zero-order valence-corrected chi connectivity index (χ0v) is 14.5. The number of carboxylic acids is 1. The van der Waals surface area contributed by atoms with E-state index >= 15 is 0 Å². The van der Waals surface area contributed by atoms with Gasteiger partial charge in [-0.15, -0.1) is 0 Å². The van der Waals surface area contributed by atoms with Crippen molar-refractivity contribution < 1.29 is 14.7 Å². The number of nitrogens with one attached hydrogen (secondary N) is 1. The lowest BCUT2D eigenvalue weighted by atomic mass is 10.1. The van der Waals surface area contributed by atoms with E-state index in [4.69, 9.17) is 23.2 Å². The van der Waals surface area contributed by atoms with Gasteiger partial charge in [0, 0.05) is 10.9 Å². The largest absolute Gasteiger partial charge is 0.479 e. The van der Waals surface area contributed by atoms with E-state index in [0.717, 1.165) is 0 Å². The summed E-state index contributed by atoms with van der Waals surface area (Å²) < 4.78 is 0. The fraction of sp³-hybridized carbons (Fsp3) is 0.250. The highest BCUT2D eigenvalue weighted by Gasteiger charge is 2.25. The van der Waals surface area contributed by atoms with Crippen LogP contribution in [-0.2, 0) is 4.79 Å². The summed E-state index contributed by atoms with van der Waals surface area (Å²) in [4.78, 5) is 32.1. The first kappa shape index (κ1) is 18.2. The number of hydrogen-bond acceptors (Lipinski definition) is 4. The van der Waals surface area contributed by atoms with Crippen LogP contribution in [0.25, 0.3) is 0 Å². The molecule has 1 aromatic carbocycles. The molecule has 0 saturated heterocycles. The first-order chi connectivity index (χ1) is 11.3. The Hall–Kier alpha value is -2.18. The maximum Gasteiger partial charge on any atom is 0.330 e. The third-order valence-electron chi connectivity index (χ3n) is 3.22. The van der Waals surface area contributed by atoms with Gasteiger partial charge in [0.05, 0.1) is 11.2 Å². The van der Waals surface area contributed by atoms with Gasteiger partial charge in [-0.05, 0) is 17.7 Å². The van der Waals surface area contributed by atoms with Crippen molar-refractivity contribution in [1.29, 1.82) is 0 Å². The first-order valence-electron chi connectivity index (χ1n) is 7.11. The van der Waals surface area contributed by atoms with Crippen molar-refractivity contribution in [3.05, 3.63) is 57.6 Å². The molecule has 1 unspecified atom stereocenters. The number of benzene rings is 1. The van der Waals surface area contributed by atoms with Crippen LogP contribution in [0.15, 0.2) is 30.5 Å². The van der Waals surface area contributed by atoms with Gasteiger partial charge in [-0.3, -0.25) is 4.79 Å². The molecule has 0 radical (unpaired) electrons. The number of carboxylic acid groups (broad SMARTS) is 1. The van der Waals surface area contributed by atoms with Gasteiger partial charge >= 0.3 is 5.97 Å². The van der Waals surface area contributed by atoms with Crippen LogP contribution in [0.5, 0.6) is 0 Å². The van der Waals surface area contributed by atoms with Crippen LogP contribution in [0.2, 0.25) is 10.0 Å². The highest BCUT2D eigenvalue weighted by atomic mass is 35.5. The summed E-state index contributed by atoms with van der Waals surface area (Å²) in [7, 11) is 0. The number of aromatic nitrogens is 2. The standard InChI is InChI=1S/C16H15Cl2N3O3/c1-8(2)14-19-7-11(18)13(20-14)15(22)21-12(16(23)24)9-3-5-10(17)6-4-9/h3-8,12H,1-2H3,(H,21,22)(H,23,24). The number of rotatable bonds is 5.